The van der Waals surface area contributed by atoms with Crippen molar-refractivity contribution in [3.8, 4) is 5.75 Å². The van der Waals surface area contributed by atoms with Crippen molar-refractivity contribution in [3.05, 3.63) is 64.1 Å². The number of nitrogens with zero attached hydrogens (tertiary/aromatic N) is 1. The van der Waals surface area contributed by atoms with Crippen LogP contribution in [-0.2, 0) is 6.54 Å². The number of aromatic nitrogens is 1. The van der Waals surface area contributed by atoms with Gasteiger partial charge in [-0.2, -0.15) is 0 Å². The maximum absolute atomic E-state index is 12.6. The van der Waals surface area contributed by atoms with Crippen molar-refractivity contribution in [2.45, 2.75) is 32.9 Å². The van der Waals surface area contributed by atoms with Crippen LogP contribution < -0.4 is 16.0 Å². The van der Waals surface area contributed by atoms with E-state index in [1.165, 1.54) is 0 Å². The van der Waals surface area contributed by atoms with Crippen molar-refractivity contribution in [1.29, 1.82) is 0 Å². The van der Waals surface area contributed by atoms with Crippen LogP contribution in [0.4, 0.5) is 0 Å². The van der Waals surface area contributed by atoms with Gasteiger partial charge in [-0.1, -0.05) is 32.0 Å². The van der Waals surface area contributed by atoms with Gasteiger partial charge in [0.25, 0.3) is 5.56 Å². The van der Waals surface area contributed by atoms with Gasteiger partial charge < -0.3 is 15.0 Å². The van der Waals surface area contributed by atoms with Crippen LogP contribution in [-0.4, -0.2) is 11.7 Å². The molecule has 0 saturated carbocycles. The maximum atomic E-state index is 12.6. The molecule has 0 aliphatic rings. The zero-order chi connectivity index (χ0) is 16.1. The number of ether oxygens (including phenoxy) is 1. The molecule has 0 aliphatic heterocycles. The van der Waals surface area contributed by atoms with Crippen molar-refractivity contribution in [2.24, 2.45) is 11.7 Å². The lowest BCUT2D eigenvalue weighted by molar-refractivity contribution is 0.414. The molecular weight excluding hydrogens is 276 g/mol. The number of rotatable bonds is 6. The Bertz CT molecular complexity index is 660. The minimum atomic E-state index is -0.426. The molecule has 2 N–H and O–H groups in total. The molecule has 1 aromatic heterocycles. The number of aryl methyl sites for hydroxylation is 1. The van der Waals surface area contributed by atoms with Crippen molar-refractivity contribution in [2.75, 3.05) is 7.11 Å². The molecule has 1 unspecified atom stereocenters. The van der Waals surface area contributed by atoms with Crippen LogP contribution in [0.3, 0.4) is 0 Å². The molecule has 0 fully saturated rings. The minimum absolute atomic E-state index is 0.00790. The fraction of sp³-hybridized carbons (Fsp3) is 0.389. The fourth-order valence-electron chi connectivity index (χ4n) is 2.36. The highest BCUT2D eigenvalue weighted by Crippen LogP contribution is 2.20. The van der Waals surface area contributed by atoms with Gasteiger partial charge in [0.1, 0.15) is 5.75 Å². The summed E-state index contributed by atoms with van der Waals surface area (Å²) in [6, 6.07) is 10.8. The van der Waals surface area contributed by atoms with Crippen molar-refractivity contribution in [3.63, 3.8) is 0 Å². The summed E-state index contributed by atoms with van der Waals surface area (Å²) in [7, 11) is 1.62. The second-order valence-corrected chi connectivity index (χ2v) is 5.90. The normalized spacial score (nSPS) is 12.4. The summed E-state index contributed by atoms with van der Waals surface area (Å²) < 4.78 is 6.89. The largest absolute Gasteiger partial charge is 0.497 e. The van der Waals surface area contributed by atoms with E-state index in [-0.39, 0.29) is 5.56 Å². The number of hydrogen-bond acceptors (Lipinski definition) is 3. The topological polar surface area (TPSA) is 57.2 Å². The Morgan fingerprint density at radius 2 is 1.86 bits per heavy atom. The number of hydrogen-bond donors (Lipinski definition) is 1. The first-order valence-corrected chi connectivity index (χ1v) is 7.61. The lowest BCUT2D eigenvalue weighted by Gasteiger charge is -2.15. The molecular formula is C18H24N2O2. The predicted molar refractivity (Wildman–Crippen MR) is 89.2 cm³/mol. The molecule has 0 bridgehead atoms. The molecule has 0 radical (unpaired) electrons. The average molecular weight is 300 g/mol. The molecule has 1 heterocycles. The summed E-state index contributed by atoms with van der Waals surface area (Å²) in [5, 5.41) is 0. The minimum Gasteiger partial charge on any atom is -0.497 e. The molecule has 1 atom stereocenters. The average Bonchev–Trinajstić information content (AvgIpc) is 2.53. The van der Waals surface area contributed by atoms with E-state index in [2.05, 4.69) is 13.8 Å². The van der Waals surface area contributed by atoms with Gasteiger partial charge in [-0.15, -0.1) is 0 Å². The second-order valence-electron chi connectivity index (χ2n) is 5.90. The smallest absolute Gasteiger partial charge is 0.255 e. The van der Waals surface area contributed by atoms with Gasteiger partial charge in [0.2, 0.25) is 0 Å². The number of nitrogens with two attached hydrogens (primary N) is 1. The van der Waals surface area contributed by atoms with Crippen LogP contribution in [0.15, 0.2) is 47.4 Å². The van der Waals surface area contributed by atoms with Gasteiger partial charge in [-0.25, -0.2) is 0 Å². The van der Waals surface area contributed by atoms with Crippen molar-refractivity contribution >= 4 is 0 Å². The Morgan fingerprint density at radius 1 is 1.18 bits per heavy atom. The van der Waals surface area contributed by atoms with E-state index in [0.717, 1.165) is 24.3 Å². The van der Waals surface area contributed by atoms with E-state index in [9.17, 15) is 4.79 Å². The molecule has 0 saturated heterocycles. The lowest BCUT2D eigenvalue weighted by atomic mass is 10.0. The zero-order valence-electron chi connectivity index (χ0n) is 13.5. The van der Waals surface area contributed by atoms with E-state index in [0.29, 0.717) is 11.5 Å². The molecule has 0 aliphatic carbocycles. The number of pyridine rings is 1. The summed E-state index contributed by atoms with van der Waals surface area (Å²) >= 11 is 0. The van der Waals surface area contributed by atoms with E-state index in [1.807, 2.05) is 42.6 Å². The number of benzene rings is 1. The predicted octanol–water partition coefficient (Wildman–Crippen LogP) is 2.95. The third-order valence-electron chi connectivity index (χ3n) is 3.81. The first-order chi connectivity index (χ1) is 10.5. The van der Waals surface area contributed by atoms with Crippen LogP contribution in [0.5, 0.6) is 5.75 Å². The Morgan fingerprint density at radius 3 is 2.45 bits per heavy atom. The van der Waals surface area contributed by atoms with Crippen LogP contribution in [0.25, 0.3) is 0 Å². The van der Waals surface area contributed by atoms with E-state index >= 15 is 0 Å². The Hall–Kier alpha value is -2.07. The van der Waals surface area contributed by atoms with Crippen LogP contribution in [0.1, 0.15) is 37.4 Å². The standard InChI is InChI=1S/C18H24N2O2/c1-13(2)10-12-20-11-4-5-16(18(20)21)17(19)14-6-8-15(22-3)9-7-14/h4-9,11,13,17H,10,12,19H2,1-3H3. The Kier molecular flexibility index (Phi) is 5.39. The van der Waals surface area contributed by atoms with Crippen LogP contribution >= 0.6 is 0 Å². The molecule has 1 aromatic carbocycles. The molecule has 2 aromatic rings. The van der Waals surface area contributed by atoms with E-state index in [4.69, 9.17) is 10.5 Å². The highest BCUT2D eigenvalue weighted by molar-refractivity contribution is 5.34. The summed E-state index contributed by atoms with van der Waals surface area (Å²) in [4.78, 5) is 12.6. The van der Waals surface area contributed by atoms with E-state index in [1.54, 1.807) is 11.7 Å². The monoisotopic (exact) mass is 300 g/mol. The molecule has 2 rings (SSSR count). The summed E-state index contributed by atoms with van der Waals surface area (Å²) in [5.74, 6) is 1.34. The second kappa shape index (κ2) is 7.27. The lowest BCUT2D eigenvalue weighted by Crippen LogP contribution is -2.28. The number of methoxy groups -OCH3 is 1. The van der Waals surface area contributed by atoms with Gasteiger partial charge in [-0.3, -0.25) is 4.79 Å². The van der Waals surface area contributed by atoms with Crippen LogP contribution in [0, 0.1) is 5.92 Å². The fourth-order valence-corrected chi connectivity index (χ4v) is 2.36. The summed E-state index contributed by atoms with van der Waals surface area (Å²) in [6.07, 6.45) is 2.80. The van der Waals surface area contributed by atoms with Gasteiger partial charge >= 0.3 is 0 Å². The molecule has 0 amide bonds. The Labute approximate surface area is 131 Å². The highest BCUT2D eigenvalue weighted by atomic mass is 16.5. The SMILES string of the molecule is COc1ccc(C(N)c2cccn(CCC(C)C)c2=O)cc1. The highest BCUT2D eigenvalue weighted by Gasteiger charge is 2.14. The molecule has 22 heavy (non-hydrogen) atoms. The van der Waals surface area contributed by atoms with Gasteiger partial charge in [0.05, 0.1) is 13.2 Å². The zero-order valence-corrected chi connectivity index (χ0v) is 13.5. The quantitative estimate of drug-likeness (QED) is 0.892. The summed E-state index contributed by atoms with van der Waals surface area (Å²) in [6.45, 7) is 5.02. The van der Waals surface area contributed by atoms with Gasteiger partial charge in [-0.05, 0) is 36.1 Å². The third-order valence-corrected chi connectivity index (χ3v) is 3.81. The first-order valence-electron chi connectivity index (χ1n) is 7.61. The van der Waals surface area contributed by atoms with Crippen molar-refractivity contribution < 1.29 is 4.74 Å². The van der Waals surface area contributed by atoms with Gasteiger partial charge in [0.15, 0.2) is 0 Å². The summed E-state index contributed by atoms with van der Waals surface area (Å²) in [5.41, 5.74) is 7.80. The maximum Gasteiger partial charge on any atom is 0.255 e. The molecule has 0 spiro atoms. The molecule has 118 valence electrons. The molecule has 4 nitrogen and oxygen atoms in total. The van der Waals surface area contributed by atoms with E-state index < -0.39 is 6.04 Å². The Balaban J connectivity index is 2.27. The van der Waals surface area contributed by atoms with Crippen molar-refractivity contribution in [1.82, 2.24) is 4.57 Å². The third kappa shape index (κ3) is 3.77. The van der Waals surface area contributed by atoms with Gasteiger partial charge in [0, 0.05) is 18.3 Å². The molecule has 4 heteroatoms. The first kappa shape index (κ1) is 16.3. The van der Waals surface area contributed by atoms with Crippen LogP contribution in [0.2, 0.25) is 0 Å².